The topological polar surface area (TPSA) is 81.1 Å². The summed E-state index contributed by atoms with van der Waals surface area (Å²) in [5, 5.41) is 18.4. The van der Waals surface area contributed by atoms with Crippen LogP contribution in [0.15, 0.2) is 18.2 Å². The summed E-state index contributed by atoms with van der Waals surface area (Å²) in [5.74, 6) is -1.24. The van der Waals surface area contributed by atoms with E-state index in [4.69, 9.17) is 5.11 Å². The number of anilines is 1. The SMILES string of the molecule is CCN(C(=O)N1CC(C(=O)O)C1)c1cc(O)ccc1C. The molecular weight excluding hydrogens is 260 g/mol. The second-order valence-corrected chi connectivity index (χ2v) is 4.94. The maximum Gasteiger partial charge on any atom is 0.324 e. The second kappa shape index (κ2) is 5.40. The second-order valence-electron chi connectivity index (χ2n) is 4.94. The first-order valence-corrected chi connectivity index (χ1v) is 6.53. The summed E-state index contributed by atoms with van der Waals surface area (Å²) >= 11 is 0. The highest BCUT2D eigenvalue weighted by Gasteiger charge is 2.37. The molecule has 6 heteroatoms. The van der Waals surface area contributed by atoms with Gasteiger partial charge in [0.25, 0.3) is 0 Å². The molecule has 0 bridgehead atoms. The van der Waals surface area contributed by atoms with E-state index in [-0.39, 0.29) is 24.9 Å². The fourth-order valence-corrected chi connectivity index (χ4v) is 2.26. The monoisotopic (exact) mass is 278 g/mol. The number of phenolic OH excluding ortho intramolecular Hbond substituents is 1. The Morgan fingerprint density at radius 2 is 2.05 bits per heavy atom. The third-order valence-corrected chi connectivity index (χ3v) is 3.53. The quantitative estimate of drug-likeness (QED) is 0.881. The van der Waals surface area contributed by atoms with Crippen LogP contribution in [0.2, 0.25) is 0 Å². The fraction of sp³-hybridized carbons (Fsp3) is 0.429. The van der Waals surface area contributed by atoms with E-state index in [2.05, 4.69) is 0 Å². The third-order valence-electron chi connectivity index (χ3n) is 3.53. The van der Waals surface area contributed by atoms with Crippen molar-refractivity contribution in [3.05, 3.63) is 23.8 Å². The summed E-state index contributed by atoms with van der Waals surface area (Å²) in [6.45, 7) is 4.64. The first kappa shape index (κ1) is 14.2. The Bertz CT molecular complexity index is 538. The number of carboxylic acids is 1. The van der Waals surface area contributed by atoms with Crippen molar-refractivity contribution in [2.45, 2.75) is 13.8 Å². The van der Waals surface area contributed by atoms with Gasteiger partial charge in [0, 0.05) is 25.7 Å². The maximum absolute atomic E-state index is 12.4. The molecule has 0 atom stereocenters. The van der Waals surface area contributed by atoms with Crippen LogP contribution in [0.3, 0.4) is 0 Å². The number of aryl methyl sites for hydroxylation is 1. The number of urea groups is 1. The molecule has 1 fully saturated rings. The number of carbonyl (C=O) groups is 2. The molecule has 108 valence electrons. The van der Waals surface area contributed by atoms with Crippen LogP contribution in [0, 0.1) is 12.8 Å². The van der Waals surface area contributed by atoms with Crippen molar-refractivity contribution in [2.24, 2.45) is 5.92 Å². The zero-order valence-corrected chi connectivity index (χ0v) is 11.5. The minimum atomic E-state index is -0.870. The molecule has 2 N–H and O–H groups in total. The van der Waals surface area contributed by atoms with E-state index in [1.165, 1.54) is 4.90 Å². The Kier molecular flexibility index (Phi) is 3.83. The number of phenols is 1. The normalized spacial score (nSPS) is 14.8. The van der Waals surface area contributed by atoms with Crippen LogP contribution < -0.4 is 4.90 Å². The van der Waals surface area contributed by atoms with Gasteiger partial charge in [0.15, 0.2) is 0 Å². The molecule has 6 nitrogen and oxygen atoms in total. The van der Waals surface area contributed by atoms with Gasteiger partial charge in [0.05, 0.1) is 11.6 Å². The lowest BCUT2D eigenvalue weighted by molar-refractivity contribution is -0.146. The molecule has 1 aromatic carbocycles. The molecule has 1 saturated heterocycles. The van der Waals surface area contributed by atoms with Crippen molar-refractivity contribution in [1.82, 2.24) is 4.90 Å². The Morgan fingerprint density at radius 1 is 1.40 bits per heavy atom. The van der Waals surface area contributed by atoms with Gasteiger partial charge < -0.3 is 15.1 Å². The molecule has 0 saturated carbocycles. The number of nitrogens with zero attached hydrogens (tertiary/aromatic N) is 2. The highest BCUT2D eigenvalue weighted by Crippen LogP contribution is 2.27. The Hall–Kier alpha value is -2.24. The van der Waals surface area contributed by atoms with E-state index in [1.807, 2.05) is 13.8 Å². The maximum atomic E-state index is 12.4. The first-order valence-electron chi connectivity index (χ1n) is 6.53. The van der Waals surface area contributed by atoms with E-state index >= 15 is 0 Å². The number of carbonyl (C=O) groups excluding carboxylic acids is 1. The molecule has 20 heavy (non-hydrogen) atoms. The summed E-state index contributed by atoms with van der Waals surface area (Å²) in [6.07, 6.45) is 0. The molecule has 0 aromatic heterocycles. The molecule has 0 unspecified atom stereocenters. The van der Waals surface area contributed by atoms with Gasteiger partial charge in [-0.2, -0.15) is 0 Å². The van der Waals surface area contributed by atoms with E-state index in [0.29, 0.717) is 12.2 Å². The highest BCUT2D eigenvalue weighted by molar-refractivity contribution is 5.94. The number of carboxylic acid groups (broad SMARTS) is 1. The van der Waals surface area contributed by atoms with Gasteiger partial charge in [-0.25, -0.2) is 4.79 Å². The molecule has 2 rings (SSSR count). The van der Waals surface area contributed by atoms with Gasteiger partial charge >= 0.3 is 12.0 Å². The number of hydrogen-bond donors (Lipinski definition) is 2. The van der Waals surface area contributed by atoms with Crippen molar-refractivity contribution < 1.29 is 19.8 Å². The van der Waals surface area contributed by atoms with Crippen LogP contribution in [0.4, 0.5) is 10.5 Å². The van der Waals surface area contributed by atoms with E-state index in [9.17, 15) is 14.7 Å². The van der Waals surface area contributed by atoms with Crippen molar-refractivity contribution in [1.29, 1.82) is 0 Å². The number of likely N-dealkylation sites (tertiary alicyclic amines) is 1. The van der Waals surface area contributed by atoms with Crippen LogP contribution in [-0.4, -0.2) is 46.7 Å². The average molecular weight is 278 g/mol. The van der Waals surface area contributed by atoms with Gasteiger partial charge in [-0.05, 0) is 25.5 Å². The summed E-state index contributed by atoms with van der Waals surface area (Å²) in [5.41, 5.74) is 1.53. The van der Waals surface area contributed by atoms with Crippen LogP contribution in [-0.2, 0) is 4.79 Å². The Labute approximate surface area is 117 Å². The van der Waals surface area contributed by atoms with Gasteiger partial charge in [0.2, 0.25) is 0 Å². The lowest BCUT2D eigenvalue weighted by Gasteiger charge is -2.40. The molecule has 2 amide bonds. The van der Waals surface area contributed by atoms with Crippen molar-refractivity contribution in [3.63, 3.8) is 0 Å². The highest BCUT2D eigenvalue weighted by atomic mass is 16.4. The standard InChI is InChI=1S/C14H18N2O4/c1-3-16(12-6-11(17)5-4-9(12)2)14(20)15-7-10(8-15)13(18)19/h4-6,10,17H,3,7-8H2,1-2H3,(H,18,19). The van der Waals surface area contributed by atoms with Crippen molar-refractivity contribution in [3.8, 4) is 5.75 Å². The summed E-state index contributed by atoms with van der Waals surface area (Å²) in [6, 6.07) is 4.64. The lowest BCUT2D eigenvalue weighted by Crippen LogP contribution is -2.57. The third kappa shape index (κ3) is 2.54. The molecule has 1 heterocycles. The molecule has 0 radical (unpaired) electrons. The number of aromatic hydroxyl groups is 1. The first-order chi connectivity index (χ1) is 9.43. The molecule has 1 aliphatic heterocycles. The van der Waals surface area contributed by atoms with E-state index < -0.39 is 11.9 Å². The lowest BCUT2D eigenvalue weighted by atomic mass is 10.0. The fourth-order valence-electron chi connectivity index (χ4n) is 2.26. The average Bonchev–Trinajstić information content (AvgIpc) is 2.32. The van der Waals surface area contributed by atoms with E-state index in [1.54, 1.807) is 23.1 Å². The molecule has 0 spiro atoms. The molecule has 1 aliphatic rings. The number of benzene rings is 1. The van der Waals surface area contributed by atoms with Crippen molar-refractivity contribution >= 4 is 17.7 Å². The van der Waals surface area contributed by atoms with Crippen LogP contribution in [0.5, 0.6) is 5.75 Å². The predicted octanol–water partition coefficient (Wildman–Crippen LogP) is 1.66. The zero-order valence-electron chi connectivity index (χ0n) is 11.5. The minimum absolute atomic E-state index is 0.101. The number of rotatable bonds is 3. The number of aliphatic carboxylic acids is 1. The van der Waals surface area contributed by atoms with E-state index in [0.717, 1.165) is 5.56 Å². The largest absolute Gasteiger partial charge is 0.508 e. The summed E-state index contributed by atoms with van der Waals surface area (Å²) < 4.78 is 0. The molecule has 1 aromatic rings. The number of amides is 2. The Balaban J connectivity index is 2.15. The van der Waals surface area contributed by atoms with Gasteiger partial charge in [-0.3, -0.25) is 9.69 Å². The minimum Gasteiger partial charge on any atom is -0.508 e. The van der Waals surface area contributed by atoms with Gasteiger partial charge in [-0.15, -0.1) is 0 Å². The predicted molar refractivity (Wildman–Crippen MR) is 74.0 cm³/mol. The summed E-state index contributed by atoms with van der Waals surface area (Å²) in [7, 11) is 0. The number of hydrogen-bond acceptors (Lipinski definition) is 3. The Morgan fingerprint density at radius 3 is 2.60 bits per heavy atom. The van der Waals surface area contributed by atoms with Crippen LogP contribution in [0.25, 0.3) is 0 Å². The summed E-state index contributed by atoms with van der Waals surface area (Å²) in [4.78, 5) is 26.2. The smallest absolute Gasteiger partial charge is 0.324 e. The van der Waals surface area contributed by atoms with Gasteiger partial charge in [0.1, 0.15) is 5.75 Å². The zero-order chi connectivity index (χ0) is 14.9. The molecule has 0 aliphatic carbocycles. The van der Waals surface area contributed by atoms with Gasteiger partial charge in [-0.1, -0.05) is 6.07 Å². The molecular formula is C14H18N2O4. The van der Waals surface area contributed by atoms with Crippen molar-refractivity contribution in [2.75, 3.05) is 24.5 Å². The van der Waals surface area contributed by atoms with Crippen LogP contribution >= 0.6 is 0 Å². The van der Waals surface area contributed by atoms with Crippen LogP contribution in [0.1, 0.15) is 12.5 Å².